The van der Waals surface area contributed by atoms with Crippen molar-refractivity contribution in [1.82, 2.24) is 0 Å². The van der Waals surface area contributed by atoms with Crippen molar-refractivity contribution in [2.45, 2.75) is 6.92 Å². The van der Waals surface area contributed by atoms with Gasteiger partial charge in [0.2, 0.25) is 0 Å². The van der Waals surface area contributed by atoms with Crippen LogP contribution in [-0.4, -0.2) is 21.1 Å². The molecule has 2 aromatic carbocycles. The normalized spacial score (nSPS) is 10.8. The van der Waals surface area contributed by atoms with E-state index >= 15 is 0 Å². The zero-order chi connectivity index (χ0) is 16.3. The van der Waals surface area contributed by atoms with Gasteiger partial charge in [0, 0.05) is 12.1 Å². The second-order valence-electron chi connectivity index (χ2n) is 4.43. The number of carboxylic acid groups (broad SMARTS) is 1. The summed E-state index contributed by atoms with van der Waals surface area (Å²) in [6.07, 6.45) is 0. The van der Waals surface area contributed by atoms with Crippen LogP contribution < -0.4 is 0 Å². The first kappa shape index (κ1) is 15.1. The second kappa shape index (κ2) is 6.00. The molecular weight excluding hydrogens is 290 g/mol. The lowest BCUT2D eigenvalue weighted by Crippen LogP contribution is -1.95. The van der Waals surface area contributed by atoms with Gasteiger partial charge < -0.3 is 10.2 Å². The number of nitro groups is 1. The molecule has 112 valence electrons. The van der Waals surface area contributed by atoms with Crippen LogP contribution in [0.15, 0.2) is 46.6 Å². The van der Waals surface area contributed by atoms with Gasteiger partial charge in [-0.05, 0) is 36.8 Å². The number of benzene rings is 2. The number of nitro benzene ring substituents is 1. The summed E-state index contributed by atoms with van der Waals surface area (Å²) in [5, 5.41) is 36.8. The molecule has 0 radical (unpaired) electrons. The maximum atomic E-state index is 10.9. The van der Waals surface area contributed by atoms with Crippen LogP contribution in [0.1, 0.15) is 15.9 Å². The van der Waals surface area contributed by atoms with E-state index in [2.05, 4.69) is 10.2 Å². The van der Waals surface area contributed by atoms with Gasteiger partial charge in [-0.1, -0.05) is 0 Å². The number of hydrogen-bond acceptors (Lipinski definition) is 6. The smallest absolute Gasteiger partial charge is 0.339 e. The first-order valence-electron chi connectivity index (χ1n) is 6.11. The highest BCUT2D eigenvalue weighted by Crippen LogP contribution is 2.28. The fourth-order valence-electron chi connectivity index (χ4n) is 1.73. The van der Waals surface area contributed by atoms with Crippen LogP contribution in [0.4, 0.5) is 17.1 Å². The van der Waals surface area contributed by atoms with Crippen molar-refractivity contribution in [3.63, 3.8) is 0 Å². The number of aromatic carboxylic acids is 1. The number of carbonyl (C=O) groups is 1. The summed E-state index contributed by atoms with van der Waals surface area (Å²) in [7, 11) is 0. The Balaban J connectivity index is 2.31. The fourth-order valence-corrected chi connectivity index (χ4v) is 1.73. The Morgan fingerprint density at radius 1 is 1.18 bits per heavy atom. The quantitative estimate of drug-likeness (QED) is 0.505. The van der Waals surface area contributed by atoms with Crippen molar-refractivity contribution in [2.24, 2.45) is 10.2 Å². The SMILES string of the molecule is Cc1cc([N+](=O)[O-])ccc1N=Nc1ccc(O)c(C(=O)O)c1. The van der Waals surface area contributed by atoms with Crippen LogP contribution in [0, 0.1) is 17.0 Å². The van der Waals surface area contributed by atoms with Crippen molar-refractivity contribution < 1.29 is 19.9 Å². The van der Waals surface area contributed by atoms with Gasteiger partial charge in [0.15, 0.2) is 0 Å². The molecule has 2 rings (SSSR count). The maximum Gasteiger partial charge on any atom is 0.339 e. The molecule has 0 bridgehead atoms. The second-order valence-corrected chi connectivity index (χ2v) is 4.43. The molecule has 0 spiro atoms. The first-order valence-corrected chi connectivity index (χ1v) is 6.11. The van der Waals surface area contributed by atoms with Gasteiger partial charge in [-0.15, -0.1) is 0 Å². The number of rotatable bonds is 4. The molecule has 0 saturated carbocycles. The lowest BCUT2D eigenvalue weighted by molar-refractivity contribution is -0.384. The highest BCUT2D eigenvalue weighted by molar-refractivity contribution is 5.91. The number of hydrogen-bond donors (Lipinski definition) is 2. The average Bonchev–Trinajstić information content (AvgIpc) is 2.46. The average molecular weight is 301 g/mol. The van der Waals surface area contributed by atoms with Crippen molar-refractivity contribution in [1.29, 1.82) is 0 Å². The van der Waals surface area contributed by atoms with Crippen molar-refractivity contribution >= 4 is 23.0 Å². The minimum Gasteiger partial charge on any atom is -0.507 e. The van der Waals surface area contributed by atoms with Crippen molar-refractivity contribution in [3.05, 3.63) is 57.6 Å². The van der Waals surface area contributed by atoms with Gasteiger partial charge in [-0.25, -0.2) is 4.79 Å². The molecule has 0 fully saturated rings. The third-order valence-corrected chi connectivity index (χ3v) is 2.87. The van der Waals surface area contributed by atoms with Crippen LogP contribution in [0.25, 0.3) is 0 Å². The fraction of sp³-hybridized carbons (Fsp3) is 0.0714. The molecule has 0 unspecified atom stereocenters. The van der Waals surface area contributed by atoms with E-state index in [-0.39, 0.29) is 22.7 Å². The van der Waals surface area contributed by atoms with Crippen LogP contribution in [0.5, 0.6) is 5.75 Å². The molecule has 0 aliphatic rings. The molecule has 0 heterocycles. The maximum absolute atomic E-state index is 10.9. The predicted molar refractivity (Wildman–Crippen MR) is 77.1 cm³/mol. The molecule has 8 heteroatoms. The van der Waals surface area contributed by atoms with Crippen LogP contribution in [-0.2, 0) is 0 Å². The van der Waals surface area contributed by atoms with Crippen LogP contribution >= 0.6 is 0 Å². The van der Waals surface area contributed by atoms with E-state index in [1.54, 1.807) is 6.92 Å². The van der Waals surface area contributed by atoms with E-state index in [4.69, 9.17) is 5.11 Å². The highest BCUT2D eigenvalue weighted by Gasteiger charge is 2.10. The summed E-state index contributed by atoms with van der Waals surface area (Å²) in [4.78, 5) is 21.0. The minimum atomic E-state index is -1.28. The predicted octanol–water partition coefficient (Wildman–Crippen LogP) is 3.72. The molecule has 2 aromatic rings. The third-order valence-electron chi connectivity index (χ3n) is 2.87. The Morgan fingerprint density at radius 3 is 2.50 bits per heavy atom. The van der Waals surface area contributed by atoms with Crippen molar-refractivity contribution in [2.75, 3.05) is 0 Å². The summed E-state index contributed by atoms with van der Waals surface area (Å²) < 4.78 is 0. The van der Waals surface area contributed by atoms with E-state index in [0.29, 0.717) is 11.3 Å². The van der Waals surface area contributed by atoms with Gasteiger partial charge in [-0.3, -0.25) is 10.1 Å². The van der Waals surface area contributed by atoms with E-state index in [0.717, 1.165) is 0 Å². The van der Waals surface area contributed by atoms with Gasteiger partial charge >= 0.3 is 5.97 Å². The Morgan fingerprint density at radius 2 is 1.91 bits per heavy atom. The summed E-state index contributed by atoms with van der Waals surface area (Å²) in [6, 6.07) is 7.93. The number of non-ortho nitro benzene ring substituents is 1. The largest absolute Gasteiger partial charge is 0.507 e. The Kier molecular flexibility index (Phi) is 4.12. The molecular formula is C14H11N3O5. The monoisotopic (exact) mass is 301 g/mol. The van der Waals surface area contributed by atoms with E-state index < -0.39 is 10.9 Å². The molecule has 0 aromatic heterocycles. The molecule has 8 nitrogen and oxygen atoms in total. The number of aromatic hydroxyl groups is 1. The molecule has 2 N–H and O–H groups in total. The van der Waals surface area contributed by atoms with Crippen molar-refractivity contribution in [3.8, 4) is 5.75 Å². The number of phenols is 1. The summed E-state index contributed by atoms with van der Waals surface area (Å²) in [5.41, 5.74) is 0.907. The lowest BCUT2D eigenvalue weighted by Gasteiger charge is -2.01. The van der Waals surface area contributed by atoms with Gasteiger partial charge in [-0.2, -0.15) is 10.2 Å². The summed E-state index contributed by atoms with van der Waals surface area (Å²) >= 11 is 0. The topological polar surface area (TPSA) is 125 Å². The molecule has 0 atom stereocenters. The molecule has 0 aliphatic carbocycles. The molecule has 0 amide bonds. The standard InChI is InChI=1S/C14H11N3O5/c1-8-6-10(17(21)22)3-4-12(8)16-15-9-2-5-13(18)11(7-9)14(19)20/h2-7,18H,1H3,(H,19,20). The molecule has 22 heavy (non-hydrogen) atoms. The lowest BCUT2D eigenvalue weighted by atomic mass is 10.2. The summed E-state index contributed by atoms with van der Waals surface area (Å²) in [5.74, 6) is -1.64. The number of aryl methyl sites for hydroxylation is 1. The van der Waals surface area contributed by atoms with Gasteiger partial charge in [0.1, 0.15) is 11.3 Å². The third kappa shape index (κ3) is 3.23. The Hall–Kier alpha value is -3.29. The molecule has 0 aliphatic heterocycles. The Bertz CT molecular complexity index is 786. The van der Waals surface area contributed by atoms with E-state index in [1.807, 2.05) is 0 Å². The zero-order valence-electron chi connectivity index (χ0n) is 11.4. The zero-order valence-corrected chi connectivity index (χ0v) is 11.4. The van der Waals surface area contributed by atoms with Crippen LogP contribution in [0.2, 0.25) is 0 Å². The highest BCUT2D eigenvalue weighted by atomic mass is 16.6. The van der Waals surface area contributed by atoms with Crippen LogP contribution in [0.3, 0.4) is 0 Å². The Labute approximate surface area is 124 Å². The summed E-state index contributed by atoms with van der Waals surface area (Å²) in [6.45, 7) is 1.65. The number of nitrogens with zero attached hydrogens (tertiary/aromatic N) is 3. The van der Waals surface area contributed by atoms with Gasteiger partial charge in [0.05, 0.1) is 16.3 Å². The van der Waals surface area contributed by atoms with E-state index in [9.17, 15) is 20.0 Å². The molecule has 0 saturated heterocycles. The van der Waals surface area contributed by atoms with Gasteiger partial charge in [0.25, 0.3) is 5.69 Å². The number of carboxylic acids is 1. The van der Waals surface area contributed by atoms with E-state index in [1.165, 1.54) is 36.4 Å². The minimum absolute atomic E-state index is 0.0470. The number of azo groups is 1. The first-order chi connectivity index (χ1) is 10.4.